The zero-order chi connectivity index (χ0) is 12.1. The van der Waals surface area contributed by atoms with Crippen molar-refractivity contribution in [3.05, 3.63) is 20.9 Å². The first kappa shape index (κ1) is 20.0. The van der Waals surface area contributed by atoms with Crippen molar-refractivity contribution in [1.82, 2.24) is 0 Å². The topological polar surface area (TPSA) is 97.5 Å². The second-order valence-electron chi connectivity index (χ2n) is 3.87. The number of azide groups is 2. The number of unbranched alkanes of at least 4 members (excludes halogenated alkanes) is 3. The van der Waals surface area contributed by atoms with Crippen molar-refractivity contribution in [3.8, 4) is 0 Å². The van der Waals surface area contributed by atoms with Crippen LogP contribution in [0.4, 0.5) is 0 Å². The molecule has 92 valence electrons. The van der Waals surface area contributed by atoms with E-state index in [1.165, 1.54) is 25.7 Å². The Morgan fingerprint density at radius 1 is 1.12 bits per heavy atom. The Morgan fingerprint density at radius 2 is 1.82 bits per heavy atom. The molecule has 0 aromatic heterocycles. The third-order valence-electron chi connectivity index (χ3n) is 2.57. The molecule has 0 aliphatic rings. The summed E-state index contributed by atoms with van der Waals surface area (Å²) in [7, 11) is -1.32. The average molecular weight is 297 g/mol. The van der Waals surface area contributed by atoms with Crippen LogP contribution in [0.2, 0.25) is 11.6 Å². The second kappa shape index (κ2) is 16.7. The molecular formula is C8H21KN6Si2. The molecule has 0 radical (unpaired) electrons. The molecule has 0 saturated carbocycles. The van der Waals surface area contributed by atoms with Crippen molar-refractivity contribution in [2.24, 2.45) is 9.56 Å². The first-order valence-electron chi connectivity index (χ1n) is 5.86. The van der Waals surface area contributed by atoms with Gasteiger partial charge in [-0.1, -0.05) is 45.1 Å². The van der Waals surface area contributed by atoms with Gasteiger partial charge in [-0.3, -0.25) is 0 Å². The van der Waals surface area contributed by atoms with Gasteiger partial charge in [-0.05, 0) is 26.4 Å². The Kier molecular flexibility index (Phi) is 19.7. The van der Waals surface area contributed by atoms with Crippen LogP contribution in [-0.2, 0) is 0 Å². The molecule has 0 heterocycles. The van der Waals surface area contributed by atoms with E-state index in [-0.39, 0.29) is 51.4 Å². The van der Waals surface area contributed by atoms with Crippen molar-refractivity contribution in [2.45, 2.75) is 50.6 Å². The Balaban J connectivity index is 0. The van der Waals surface area contributed by atoms with E-state index in [1.54, 1.807) is 0 Å². The summed E-state index contributed by atoms with van der Waals surface area (Å²) in [6.45, 7) is 2.20. The van der Waals surface area contributed by atoms with Crippen LogP contribution in [0.5, 0.6) is 0 Å². The van der Waals surface area contributed by atoms with E-state index in [4.69, 9.17) is 11.1 Å². The van der Waals surface area contributed by atoms with Gasteiger partial charge in [-0.15, -0.1) is 9.56 Å². The number of hydrogen-bond acceptors (Lipinski definition) is 2. The first-order chi connectivity index (χ1) is 7.85. The van der Waals surface area contributed by atoms with Gasteiger partial charge in [0.25, 0.3) is 0 Å². The Bertz CT molecular complexity index is 265. The van der Waals surface area contributed by atoms with Gasteiger partial charge in [-0.25, -0.2) is 0 Å². The zero-order valence-corrected chi connectivity index (χ0v) is 12.7. The molecule has 0 amide bonds. The molecule has 0 fully saturated rings. The van der Waals surface area contributed by atoms with Gasteiger partial charge < -0.3 is 0 Å². The van der Waals surface area contributed by atoms with Crippen molar-refractivity contribution in [3.63, 3.8) is 0 Å². The zero-order valence-electron chi connectivity index (χ0n) is 9.92. The van der Waals surface area contributed by atoms with E-state index in [0.29, 0.717) is 5.54 Å². The molecule has 0 saturated heterocycles. The molecule has 9 heteroatoms. The maximum atomic E-state index is 8.32. The van der Waals surface area contributed by atoms with E-state index in [0.717, 1.165) is 12.5 Å². The van der Waals surface area contributed by atoms with Crippen molar-refractivity contribution >= 4 is 70.7 Å². The van der Waals surface area contributed by atoms with Crippen LogP contribution in [0.25, 0.3) is 20.9 Å². The van der Waals surface area contributed by atoms with Gasteiger partial charge in [-0.2, -0.15) is 0 Å². The molecule has 17 heavy (non-hydrogen) atoms. The maximum absolute atomic E-state index is 8.32. The van der Waals surface area contributed by atoms with Gasteiger partial charge in [0.2, 0.25) is 0 Å². The summed E-state index contributed by atoms with van der Waals surface area (Å²) in [4.78, 5) is 5.64. The summed E-state index contributed by atoms with van der Waals surface area (Å²) in [5, 5.41) is 0. The third kappa shape index (κ3) is 14.6. The van der Waals surface area contributed by atoms with Crippen LogP contribution in [0.15, 0.2) is 9.56 Å². The van der Waals surface area contributed by atoms with E-state index in [9.17, 15) is 0 Å². The first-order valence-corrected chi connectivity index (χ1v) is 8.95. The number of nitrogens with zero attached hydrogens (tertiary/aromatic N) is 6. The number of rotatable bonds is 10. The fourth-order valence-corrected chi connectivity index (χ4v) is 4.54. The Morgan fingerprint density at radius 3 is 2.41 bits per heavy atom. The van der Waals surface area contributed by atoms with Crippen LogP contribution < -0.4 is 0 Å². The Labute approximate surface area is 150 Å². The van der Waals surface area contributed by atoms with Gasteiger partial charge in [0, 0.05) is 0 Å². The molecule has 0 aliphatic heterocycles. The minimum absolute atomic E-state index is 0. The van der Waals surface area contributed by atoms with Gasteiger partial charge in [0.15, 0.2) is 0 Å². The van der Waals surface area contributed by atoms with E-state index < -0.39 is 19.4 Å². The molecule has 6 nitrogen and oxygen atoms in total. The molecule has 1 atom stereocenters. The van der Waals surface area contributed by atoms with Gasteiger partial charge in [0.05, 0.1) is 0 Å². The van der Waals surface area contributed by atoms with E-state index in [1.807, 2.05) is 0 Å². The van der Waals surface area contributed by atoms with Crippen molar-refractivity contribution < 1.29 is 0 Å². The monoisotopic (exact) mass is 296 g/mol. The fraction of sp³-hybridized carbons (Fsp3) is 1.00. The third-order valence-corrected chi connectivity index (χ3v) is 6.41. The van der Waals surface area contributed by atoms with Crippen molar-refractivity contribution in [2.75, 3.05) is 0 Å². The molecule has 0 aromatic carbocycles. The van der Waals surface area contributed by atoms with Crippen LogP contribution >= 0.6 is 0 Å². The molecular weight excluding hydrogens is 275 g/mol. The van der Waals surface area contributed by atoms with Gasteiger partial charge in [0.1, 0.15) is 19.4 Å². The molecule has 0 aromatic rings. The molecule has 0 N–H and O–H groups in total. The summed E-state index contributed by atoms with van der Waals surface area (Å²) in [6, 6.07) is 1.02. The van der Waals surface area contributed by atoms with Crippen LogP contribution in [-0.4, -0.2) is 70.7 Å². The predicted octanol–water partition coefficient (Wildman–Crippen LogP) is 2.30. The summed E-state index contributed by atoms with van der Waals surface area (Å²) >= 11 is 0. The molecule has 1 unspecified atom stereocenters. The second-order valence-corrected chi connectivity index (χ2v) is 6.98. The molecule has 0 aliphatic carbocycles. The van der Waals surface area contributed by atoms with Crippen LogP contribution in [0, 0.1) is 0 Å². The fourth-order valence-electron chi connectivity index (χ4n) is 1.62. The Hall–Kier alpha value is 0.690. The van der Waals surface area contributed by atoms with Crippen molar-refractivity contribution in [1.29, 1.82) is 0 Å². The molecule has 0 rings (SSSR count). The standard InChI is InChI=1S/C8H20N6Si2.K.H/c1-2-3-4-5-6-8(16-14-12-10)7-15-13-11-9;;/h8H,2-7,15-16H2,1H3;;. The summed E-state index contributed by atoms with van der Waals surface area (Å²) in [5.41, 5.74) is 17.1. The molecule has 0 spiro atoms. The number of hydrogen-bond donors (Lipinski definition) is 0. The summed E-state index contributed by atoms with van der Waals surface area (Å²) in [5.74, 6) is 0. The molecule has 0 bridgehead atoms. The average Bonchev–Trinajstić information content (AvgIpc) is 2.31. The van der Waals surface area contributed by atoms with E-state index >= 15 is 0 Å². The normalized spacial score (nSPS) is 12.1. The van der Waals surface area contributed by atoms with E-state index in [2.05, 4.69) is 26.3 Å². The van der Waals surface area contributed by atoms with Crippen LogP contribution in [0.1, 0.15) is 39.0 Å². The summed E-state index contributed by atoms with van der Waals surface area (Å²) < 4.78 is 7.43. The predicted molar refractivity (Wildman–Crippen MR) is 79.8 cm³/mol. The van der Waals surface area contributed by atoms with Crippen LogP contribution in [0.3, 0.4) is 0 Å². The SMILES string of the molecule is CCCCCCC(C[SiH2]N=[N+]=[N-])[SiH2]N=[N+]=[N-].[KH]. The quantitative estimate of drug-likeness (QED) is 0.194. The minimum atomic E-state index is -0.677. The summed E-state index contributed by atoms with van der Waals surface area (Å²) in [6.07, 6.45) is 6.16. The van der Waals surface area contributed by atoms with Gasteiger partial charge >= 0.3 is 51.4 Å².